The van der Waals surface area contributed by atoms with Crippen LogP contribution in [0.3, 0.4) is 0 Å². The van der Waals surface area contributed by atoms with Gasteiger partial charge >= 0.3 is 11.9 Å². The Morgan fingerprint density at radius 1 is 1.04 bits per heavy atom. The van der Waals surface area contributed by atoms with Gasteiger partial charge in [-0.3, -0.25) is 10.1 Å². The Labute approximate surface area is 155 Å². The minimum Gasteiger partial charge on any atom is -0.490 e. The molecule has 2 rings (SSSR count). The first-order chi connectivity index (χ1) is 12.9. The van der Waals surface area contributed by atoms with Crippen LogP contribution in [-0.4, -0.2) is 37.2 Å². The quantitative estimate of drug-likeness (QED) is 0.303. The van der Waals surface area contributed by atoms with Crippen molar-refractivity contribution in [1.29, 1.82) is 0 Å². The molecule has 0 N–H and O–H groups in total. The predicted molar refractivity (Wildman–Crippen MR) is 96.0 cm³/mol. The number of esters is 2. The van der Waals surface area contributed by atoms with Gasteiger partial charge in [0.15, 0.2) is 0 Å². The van der Waals surface area contributed by atoms with Crippen LogP contribution in [0.2, 0.25) is 0 Å². The number of nitro groups is 1. The van der Waals surface area contributed by atoms with Gasteiger partial charge in [-0.1, -0.05) is 19.1 Å². The predicted octanol–water partition coefficient (Wildman–Crippen LogP) is 3.18. The van der Waals surface area contributed by atoms with E-state index < -0.39 is 22.5 Å². The lowest BCUT2D eigenvalue weighted by Gasteiger charge is -2.09. The van der Waals surface area contributed by atoms with E-state index in [0.29, 0.717) is 5.75 Å². The smallest absolute Gasteiger partial charge is 0.338 e. The average Bonchev–Trinajstić information content (AvgIpc) is 2.70. The summed E-state index contributed by atoms with van der Waals surface area (Å²) in [7, 11) is 1.14. The standard InChI is InChI=1S/C19H19NO7/c1-3-13-5-4-6-17(9-13)26-7-8-27-19(22)15-10-14(18(21)25-2)11-16(12-15)20(23)24/h4-6,9-12H,3,7-8H2,1-2H3. The van der Waals surface area contributed by atoms with Crippen LogP contribution in [0.5, 0.6) is 5.75 Å². The number of hydrogen-bond acceptors (Lipinski definition) is 7. The molecule has 27 heavy (non-hydrogen) atoms. The molecule has 8 nitrogen and oxygen atoms in total. The zero-order valence-corrected chi connectivity index (χ0v) is 15.0. The van der Waals surface area contributed by atoms with E-state index >= 15 is 0 Å². The number of nitro benzene ring substituents is 1. The van der Waals surface area contributed by atoms with Crippen LogP contribution < -0.4 is 4.74 Å². The number of benzene rings is 2. The van der Waals surface area contributed by atoms with E-state index in [-0.39, 0.29) is 24.3 Å². The Hall–Kier alpha value is -3.42. The number of hydrogen-bond donors (Lipinski definition) is 0. The molecule has 8 heteroatoms. The van der Waals surface area contributed by atoms with Gasteiger partial charge in [-0.25, -0.2) is 9.59 Å². The van der Waals surface area contributed by atoms with Crippen molar-refractivity contribution in [3.63, 3.8) is 0 Å². The molecule has 0 bridgehead atoms. The van der Waals surface area contributed by atoms with Gasteiger partial charge in [0.05, 0.1) is 23.2 Å². The minimum absolute atomic E-state index is 0.0502. The Balaban J connectivity index is 1.99. The molecule has 0 saturated carbocycles. The first-order valence-corrected chi connectivity index (χ1v) is 8.21. The Kier molecular flexibility index (Phi) is 6.87. The highest BCUT2D eigenvalue weighted by molar-refractivity contribution is 5.96. The van der Waals surface area contributed by atoms with Crippen LogP contribution in [0, 0.1) is 10.1 Å². The third kappa shape index (κ3) is 5.53. The van der Waals surface area contributed by atoms with Gasteiger partial charge in [0.2, 0.25) is 0 Å². The van der Waals surface area contributed by atoms with E-state index in [9.17, 15) is 19.7 Å². The summed E-state index contributed by atoms with van der Waals surface area (Å²) < 4.78 is 15.1. The summed E-state index contributed by atoms with van der Waals surface area (Å²) in [6, 6.07) is 10.8. The largest absolute Gasteiger partial charge is 0.490 e. The molecule has 0 aromatic heterocycles. The molecule has 2 aromatic carbocycles. The van der Waals surface area contributed by atoms with Crippen LogP contribution in [0.1, 0.15) is 33.2 Å². The molecule has 0 aliphatic rings. The molecule has 0 amide bonds. The van der Waals surface area contributed by atoms with E-state index in [1.54, 1.807) is 6.07 Å². The SMILES string of the molecule is CCc1cccc(OCCOC(=O)c2cc(C(=O)OC)cc([N+](=O)[O-])c2)c1. The van der Waals surface area contributed by atoms with E-state index in [0.717, 1.165) is 31.2 Å². The van der Waals surface area contributed by atoms with Crippen LogP contribution in [-0.2, 0) is 15.9 Å². The zero-order valence-electron chi connectivity index (χ0n) is 15.0. The molecule has 0 heterocycles. The van der Waals surface area contributed by atoms with Gasteiger partial charge in [-0.2, -0.15) is 0 Å². The molecule has 0 fully saturated rings. The monoisotopic (exact) mass is 373 g/mol. The number of non-ortho nitro benzene ring substituents is 1. The number of nitrogens with zero attached hydrogens (tertiary/aromatic N) is 1. The molecule has 0 aliphatic carbocycles. The van der Waals surface area contributed by atoms with E-state index in [2.05, 4.69) is 4.74 Å². The lowest BCUT2D eigenvalue weighted by molar-refractivity contribution is -0.384. The van der Waals surface area contributed by atoms with Crippen LogP contribution >= 0.6 is 0 Å². The maximum atomic E-state index is 12.1. The molecule has 0 saturated heterocycles. The second-order valence-corrected chi connectivity index (χ2v) is 5.50. The number of rotatable bonds is 8. The van der Waals surface area contributed by atoms with Crippen LogP contribution in [0.4, 0.5) is 5.69 Å². The Morgan fingerprint density at radius 3 is 2.37 bits per heavy atom. The van der Waals surface area contributed by atoms with Crippen molar-refractivity contribution < 1.29 is 28.7 Å². The van der Waals surface area contributed by atoms with Crippen molar-refractivity contribution in [3.8, 4) is 5.75 Å². The van der Waals surface area contributed by atoms with Crippen molar-refractivity contribution in [2.75, 3.05) is 20.3 Å². The molecule has 2 aromatic rings. The number of carbonyl (C=O) groups is 2. The Morgan fingerprint density at radius 2 is 1.74 bits per heavy atom. The van der Waals surface area contributed by atoms with Crippen molar-refractivity contribution >= 4 is 17.6 Å². The Bertz CT molecular complexity index is 848. The van der Waals surface area contributed by atoms with Gasteiger partial charge in [-0.05, 0) is 30.2 Å². The normalized spacial score (nSPS) is 10.1. The second-order valence-electron chi connectivity index (χ2n) is 5.50. The highest BCUT2D eigenvalue weighted by Crippen LogP contribution is 2.19. The number of methoxy groups -OCH3 is 1. The molecule has 0 spiro atoms. The average molecular weight is 373 g/mol. The minimum atomic E-state index is -0.797. The first kappa shape index (κ1) is 19.9. The van der Waals surface area contributed by atoms with Crippen LogP contribution in [0.15, 0.2) is 42.5 Å². The van der Waals surface area contributed by atoms with Gasteiger partial charge in [0.1, 0.15) is 19.0 Å². The fourth-order valence-corrected chi connectivity index (χ4v) is 2.30. The van der Waals surface area contributed by atoms with E-state index in [4.69, 9.17) is 9.47 Å². The summed E-state index contributed by atoms with van der Waals surface area (Å²) in [5.74, 6) is -0.921. The van der Waals surface area contributed by atoms with Gasteiger partial charge < -0.3 is 14.2 Å². The van der Waals surface area contributed by atoms with E-state index in [1.807, 2.05) is 25.1 Å². The topological polar surface area (TPSA) is 105 Å². The molecule has 0 atom stereocenters. The third-order valence-corrected chi connectivity index (χ3v) is 3.68. The maximum absolute atomic E-state index is 12.1. The molecule has 0 aliphatic heterocycles. The molecule has 0 radical (unpaired) electrons. The summed E-state index contributed by atoms with van der Waals surface area (Å²) in [4.78, 5) is 34.0. The highest BCUT2D eigenvalue weighted by Gasteiger charge is 2.19. The number of carbonyl (C=O) groups excluding carboxylic acids is 2. The second kappa shape index (κ2) is 9.33. The summed E-state index contributed by atoms with van der Waals surface area (Å²) in [5.41, 5.74) is 0.498. The van der Waals surface area contributed by atoms with Crippen molar-refractivity contribution in [2.24, 2.45) is 0 Å². The summed E-state index contributed by atoms with van der Waals surface area (Å²) in [5, 5.41) is 11.0. The summed E-state index contributed by atoms with van der Waals surface area (Å²) in [6.45, 7) is 2.10. The van der Waals surface area contributed by atoms with Gasteiger partial charge in [0, 0.05) is 12.1 Å². The maximum Gasteiger partial charge on any atom is 0.338 e. The summed E-state index contributed by atoms with van der Waals surface area (Å²) >= 11 is 0. The van der Waals surface area contributed by atoms with E-state index in [1.165, 1.54) is 6.07 Å². The lowest BCUT2D eigenvalue weighted by atomic mass is 10.1. The first-order valence-electron chi connectivity index (χ1n) is 8.21. The lowest BCUT2D eigenvalue weighted by Crippen LogP contribution is -2.13. The number of ether oxygens (including phenoxy) is 3. The van der Waals surface area contributed by atoms with Crippen molar-refractivity contribution in [2.45, 2.75) is 13.3 Å². The molecular weight excluding hydrogens is 354 g/mol. The highest BCUT2D eigenvalue weighted by atomic mass is 16.6. The molecule has 0 unspecified atom stereocenters. The van der Waals surface area contributed by atoms with Gasteiger partial charge in [0.25, 0.3) is 5.69 Å². The third-order valence-electron chi connectivity index (χ3n) is 3.68. The molecule has 142 valence electrons. The summed E-state index contributed by atoms with van der Waals surface area (Å²) in [6.07, 6.45) is 0.876. The zero-order chi connectivity index (χ0) is 19.8. The number of aryl methyl sites for hydroxylation is 1. The molecular formula is C19H19NO7. The fourth-order valence-electron chi connectivity index (χ4n) is 2.30. The van der Waals surface area contributed by atoms with Gasteiger partial charge in [-0.15, -0.1) is 0 Å². The van der Waals surface area contributed by atoms with Crippen molar-refractivity contribution in [3.05, 3.63) is 69.3 Å². The van der Waals surface area contributed by atoms with Crippen molar-refractivity contribution in [1.82, 2.24) is 0 Å². The fraction of sp³-hybridized carbons (Fsp3) is 0.263. The van der Waals surface area contributed by atoms with Crippen LogP contribution in [0.25, 0.3) is 0 Å².